The number of piperidine rings is 1. The first-order valence-electron chi connectivity index (χ1n) is 6.30. The fourth-order valence-corrected chi connectivity index (χ4v) is 3.03. The summed E-state index contributed by atoms with van der Waals surface area (Å²) in [5.41, 5.74) is 1.27. The number of hydrogen-bond acceptors (Lipinski definition) is 4. The highest BCUT2D eigenvalue weighted by Crippen LogP contribution is 2.32. The lowest BCUT2D eigenvalue weighted by molar-refractivity contribution is 0.318. The van der Waals surface area contributed by atoms with E-state index in [0.29, 0.717) is 6.54 Å². The number of rotatable bonds is 4. The maximum Gasteiger partial charge on any atom is 0.149 e. The molecule has 0 amide bonds. The van der Waals surface area contributed by atoms with E-state index < -0.39 is 9.84 Å². The van der Waals surface area contributed by atoms with Crippen LogP contribution in [0.15, 0.2) is 12.5 Å². The van der Waals surface area contributed by atoms with Gasteiger partial charge in [-0.3, -0.25) is 0 Å². The van der Waals surface area contributed by atoms with Crippen molar-refractivity contribution in [2.75, 3.05) is 25.1 Å². The summed E-state index contributed by atoms with van der Waals surface area (Å²) in [6.45, 7) is 4.75. The summed E-state index contributed by atoms with van der Waals surface area (Å²) in [7, 11) is -2.93. The molecular formula is C12H21N3O2S. The average molecular weight is 271 g/mol. The number of aryl methyl sites for hydroxylation is 1. The lowest BCUT2D eigenvalue weighted by Crippen LogP contribution is -2.39. The predicted octanol–water partition coefficient (Wildman–Crippen LogP) is 0.569. The van der Waals surface area contributed by atoms with E-state index in [1.54, 1.807) is 6.33 Å². The zero-order valence-corrected chi connectivity index (χ0v) is 11.8. The van der Waals surface area contributed by atoms with Crippen LogP contribution in [0.5, 0.6) is 0 Å². The third-order valence-corrected chi connectivity index (χ3v) is 4.66. The van der Waals surface area contributed by atoms with Gasteiger partial charge in [-0.25, -0.2) is 13.4 Å². The van der Waals surface area contributed by atoms with Crippen molar-refractivity contribution < 1.29 is 8.42 Å². The molecule has 0 bridgehead atoms. The first-order valence-corrected chi connectivity index (χ1v) is 8.36. The second kappa shape index (κ2) is 5.01. The van der Waals surface area contributed by atoms with E-state index >= 15 is 0 Å². The molecule has 0 atom stereocenters. The second-order valence-electron chi connectivity index (χ2n) is 5.41. The molecule has 0 aromatic carbocycles. The molecule has 1 aliphatic heterocycles. The van der Waals surface area contributed by atoms with Crippen molar-refractivity contribution in [3.63, 3.8) is 0 Å². The van der Waals surface area contributed by atoms with E-state index in [1.165, 1.54) is 6.26 Å². The van der Waals surface area contributed by atoms with Gasteiger partial charge >= 0.3 is 0 Å². The fourth-order valence-electron chi connectivity index (χ4n) is 2.50. The third-order valence-electron chi connectivity index (χ3n) is 3.74. The minimum atomic E-state index is -2.93. The molecule has 1 fully saturated rings. The second-order valence-corrected chi connectivity index (χ2v) is 7.67. The van der Waals surface area contributed by atoms with Crippen LogP contribution in [-0.4, -0.2) is 43.1 Å². The number of hydrogen-bond donors (Lipinski definition) is 1. The van der Waals surface area contributed by atoms with E-state index in [9.17, 15) is 8.42 Å². The first kappa shape index (κ1) is 13.5. The Hall–Kier alpha value is -0.880. The average Bonchev–Trinajstić information content (AvgIpc) is 2.75. The van der Waals surface area contributed by atoms with E-state index in [1.807, 2.05) is 10.8 Å². The van der Waals surface area contributed by atoms with Crippen molar-refractivity contribution in [2.24, 2.45) is 0 Å². The largest absolute Gasteiger partial charge is 0.333 e. The summed E-state index contributed by atoms with van der Waals surface area (Å²) < 4.78 is 24.5. The van der Waals surface area contributed by atoms with Crippen LogP contribution >= 0.6 is 0 Å². The third kappa shape index (κ3) is 3.11. The van der Waals surface area contributed by atoms with Gasteiger partial charge in [-0.2, -0.15) is 0 Å². The Morgan fingerprint density at radius 1 is 1.44 bits per heavy atom. The van der Waals surface area contributed by atoms with Crippen LogP contribution in [0.3, 0.4) is 0 Å². The topological polar surface area (TPSA) is 64.0 Å². The Morgan fingerprint density at radius 3 is 2.72 bits per heavy atom. The molecule has 1 N–H and O–H groups in total. The summed E-state index contributed by atoms with van der Waals surface area (Å²) in [4.78, 5) is 4.19. The van der Waals surface area contributed by atoms with E-state index in [4.69, 9.17) is 0 Å². The molecule has 0 spiro atoms. The summed E-state index contributed by atoms with van der Waals surface area (Å²) in [5, 5.41) is 3.35. The fraction of sp³-hybridized carbons (Fsp3) is 0.750. The maximum atomic E-state index is 11.3. The molecule has 0 unspecified atom stereocenters. The van der Waals surface area contributed by atoms with Gasteiger partial charge in [-0.1, -0.05) is 6.92 Å². The quantitative estimate of drug-likeness (QED) is 0.869. The molecule has 5 nitrogen and oxygen atoms in total. The van der Waals surface area contributed by atoms with Gasteiger partial charge in [0.2, 0.25) is 0 Å². The van der Waals surface area contributed by atoms with E-state index in [-0.39, 0.29) is 11.2 Å². The Morgan fingerprint density at radius 2 is 2.11 bits per heavy atom. The number of nitrogens with one attached hydrogen (secondary N) is 1. The van der Waals surface area contributed by atoms with Gasteiger partial charge in [-0.15, -0.1) is 0 Å². The van der Waals surface area contributed by atoms with Gasteiger partial charge in [0.05, 0.1) is 12.1 Å². The SMILES string of the molecule is CC1(c2cncn2CCS(C)(=O)=O)CCNCC1. The Bertz CT molecular complexity index is 501. The molecule has 6 heteroatoms. The molecule has 102 valence electrons. The Labute approximate surface area is 109 Å². The number of imidazole rings is 1. The van der Waals surface area contributed by atoms with Crippen molar-refractivity contribution in [3.8, 4) is 0 Å². The normalized spacial score (nSPS) is 19.9. The van der Waals surface area contributed by atoms with Crippen LogP contribution in [0.1, 0.15) is 25.5 Å². The van der Waals surface area contributed by atoms with Gasteiger partial charge in [0.25, 0.3) is 0 Å². The van der Waals surface area contributed by atoms with E-state index in [0.717, 1.165) is 31.6 Å². The van der Waals surface area contributed by atoms with Gasteiger partial charge in [-0.05, 0) is 25.9 Å². The minimum Gasteiger partial charge on any atom is -0.333 e. The van der Waals surface area contributed by atoms with Crippen molar-refractivity contribution in [2.45, 2.75) is 31.7 Å². The molecule has 18 heavy (non-hydrogen) atoms. The van der Waals surface area contributed by atoms with Gasteiger partial charge in [0.15, 0.2) is 0 Å². The molecule has 1 aliphatic rings. The maximum absolute atomic E-state index is 11.3. The van der Waals surface area contributed by atoms with Crippen molar-refractivity contribution in [3.05, 3.63) is 18.2 Å². The van der Waals surface area contributed by atoms with Gasteiger partial charge < -0.3 is 9.88 Å². The van der Waals surface area contributed by atoms with Crippen molar-refractivity contribution in [1.82, 2.24) is 14.9 Å². The van der Waals surface area contributed by atoms with Crippen molar-refractivity contribution >= 4 is 9.84 Å². The highest BCUT2D eigenvalue weighted by atomic mass is 32.2. The minimum absolute atomic E-state index is 0.110. The Balaban J connectivity index is 2.16. The monoisotopic (exact) mass is 271 g/mol. The standard InChI is InChI=1S/C12H21N3O2S/c1-12(3-5-13-6-4-12)11-9-14-10-15(11)7-8-18(2,16)17/h9-10,13H,3-8H2,1-2H3. The predicted molar refractivity (Wildman–Crippen MR) is 71.4 cm³/mol. The highest BCUT2D eigenvalue weighted by molar-refractivity contribution is 7.90. The molecule has 0 saturated carbocycles. The molecule has 1 aromatic rings. The van der Waals surface area contributed by atoms with Crippen LogP contribution < -0.4 is 5.32 Å². The Kier molecular flexibility index (Phi) is 3.77. The number of aromatic nitrogens is 2. The molecule has 1 saturated heterocycles. The molecule has 0 aliphatic carbocycles. The van der Waals surface area contributed by atoms with Gasteiger partial charge in [0.1, 0.15) is 9.84 Å². The molecule has 1 aromatic heterocycles. The first-order chi connectivity index (χ1) is 8.41. The van der Waals surface area contributed by atoms with Crippen molar-refractivity contribution in [1.29, 1.82) is 0 Å². The van der Waals surface area contributed by atoms with E-state index in [2.05, 4.69) is 17.2 Å². The van der Waals surface area contributed by atoms with Crippen LogP contribution in [-0.2, 0) is 21.8 Å². The lowest BCUT2D eigenvalue weighted by Gasteiger charge is -2.34. The van der Waals surface area contributed by atoms with Crippen LogP contribution in [0.25, 0.3) is 0 Å². The molecule has 0 radical (unpaired) electrons. The smallest absolute Gasteiger partial charge is 0.149 e. The zero-order chi connectivity index (χ0) is 13.2. The van der Waals surface area contributed by atoms with Crippen LogP contribution in [0.4, 0.5) is 0 Å². The lowest BCUT2D eigenvalue weighted by atomic mass is 9.78. The molecular weight excluding hydrogens is 250 g/mol. The highest BCUT2D eigenvalue weighted by Gasteiger charge is 2.31. The van der Waals surface area contributed by atoms with Crippen LogP contribution in [0, 0.1) is 0 Å². The van der Waals surface area contributed by atoms with Crippen LogP contribution in [0.2, 0.25) is 0 Å². The summed E-state index contributed by atoms with van der Waals surface area (Å²) in [6, 6.07) is 0. The number of nitrogens with zero attached hydrogens (tertiary/aromatic N) is 2. The summed E-state index contributed by atoms with van der Waals surface area (Å²) >= 11 is 0. The summed E-state index contributed by atoms with van der Waals surface area (Å²) in [5.74, 6) is 0.171. The molecule has 2 rings (SSSR count). The summed E-state index contributed by atoms with van der Waals surface area (Å²) in [6.07, 6.45) is 7.03. The molecule has 2 heterocycles. The van der Waals surface area contributed by atoms with Gasteiger partial charge in [0, 0.05) is 30.1 Å². The number of sulfone groups is 1. The zero-order valence-electron chi connectivity index (χ0n) is 11.0.